The average Bonchev–Trinajstić information content (AvgIpc) is 2.33. The summed E-state index contributed by atoms with van der Waals surface area (Å²) in [5.74, 6) is -1.02. The van der Waals surface area contributed by atoms with E-state index in [0.29, 0.717) is 25.8 Å². The third-order valence-electron chi connectivity index (χ3n) is 2.93. The lowest BCUT2D eigenvalue weighted by Crippen LogP contribution is -2.47. The molecule has 5 heteroatoms. The number of hydrogen-bond donors (Lipinski definition) is 1. The van der Waals surface area contributed by atoms with Crippen LogP contribution in [0.2, 0.25) is 0 Å². The highest BCUT2D eigenvalue weighted by Crippen LogP contribution is 2.20. The van der Waals surface area contributed by atoms with Crippen molar-refractivity contribution in [1.29, 1.82) is 0 Å². The summed E-state index contributed by atoms with van der Waals surface area (Å²) in [5, 5.41) is 9.09. The Kier molecular flexibility index (Phi) is 3.37. The van der Waals surface area contributed by atoms with E-state index >= 15 is 0 Å². The summed E-state index contributed by atoms with van der Waals surface area (Å²) in [7, 11) is 0. The molecule has 0 unspecified atom stereocenters. The Morgan fingerprint density at radius 1 is 1.59 bits per heavy atom. The Labute approximate surface area is 99.1 Å². The second kappa shape index (κ2) is 4.95. The van der Waals surface area contributed by atoms with Gasteiger partial charge in [-0.2, -0.15) is 0 Å². The van der Waals surface area contributed by atoms with Crippen LogP contribution in [-0.2, 0) is 16.1 Å². The van der Waals surface area contributed by atoms with Gasteiger partial charge in [0.05, 0.1) is 0 Å². The molecule has 0 radical (unpaired) electrons. The number of pyridine rings is 1. The number of aliphatic carboxylic acids is 1. The summed E-state index contributed by atoms with van der Waals surface area (Å²) in [6.07, 6.45) is 4.92. The molecule has 1 aliphatic heterocycles. The van der Waals surface area contributed by atoms with Crippen molar-refractivity contribution in [2.45, 2.75) is 31.8 Å². The van der Waals surface area contributed by atoms with Gasteiger partial charge in [-0.1, -0.05) is 6.07 Å². The minimum Gasteiger partial charge on any atom is -0.480 e. The Balaban J connectivity index is 2.15. The van der Waals surface area contributed by atoms with E-state index in [0.717, 1.165) is 5.56 Å². The number of carbonyl (C=O) groups is 2. The Bertz CT molecular complexity index is 419. The van der Waals surface area contributed by atoms with Crippen LogP contribution in [0.15, 0.2) is 24.5 Å². The second-order valence-corrected chi connectivity index (χ2v) is 4.13. The van der Waals surface area contributed by atoms with Gasteiger partial charge in [0, 0.05) is 25.4 Å². The quantitative estimate of drug-likeness (QED) is 0.848. The molecule has 90 valence electrons. The smallest absolute Gasteiger partial charge is 0.326 e. The Morgan fingerprint density at radius 2 is 2.41 bits per heavy atom. The van der Waals surface area contributed by atoms with Gasteiger partial charge in [-0.15, -0.1) is 0 Å². The van der Waals surface area contributed by atoms with Gasteiger partial charge >= 0.3 is 5.97 Å². The van der Waals surface area contributed by atoms with E-state index in [1.54, 1.807) is 18.5 Å². The Morgan fingerprint density at radius 3 is 3.06 bits per heavy atom. The van der Waals surface area contributed by atoms with Crippen LogP contribution < -0.4 is 0 Å². The minimum atomic E-state index is -0.929. The zero-order valence-corrected chi connectivity index (χ0v) is 9.37. The van der Waals surface area contributed by atoms with Crippen LogP contribution in [0.1, 0.15) is 24.8 Å². The molecule has 5 nitrogen and oxygen atoms in total. The number of aromatic nitrogens is 1. The van der Waals surface area contributed by atoms with Crippen molar-refractivity contribution in [3.8, 4) is 0 Å². The molecular weight excluding hydrogens is 220 g/mol. The van der Waals surface area contributed by atoms with Gasteiger partial charge in [0.2, 0.25) is 5.91 Å². The van der Waals surface area contributed by atoms with Crippen LogP contribution in [-0.4, -0.2) is 32.9 Å². The standard InChI is InChI=1S/C12H14N2O3/c15-11-5-1-4-10(12(16)17)14(11)8-9-3-2-6-13-7-9/h2-3,6-7,10H,1,4-5,8H2,(H,16,17)/t10-/m1/s1. The predicted octanol–water partition coefficient (Wildman–Crippen LogP) is 1.05. The third-order valence-corrected chi connectivity index (χ3v) is 2.93. The number of carbonyl (C=O) groups excluding carboxylic acids is 1. The molecule has 1 N–H and O–H groups in total. The first-order valence-electron chi connectivity index (χ1n) is 5.59. The molecular formula is C12H14N2O3. The highest BCUT2D eigenvalue weighted by atomic mass is 16.4. The van der Waals surface area contributed by atoms with Gasteiger partial charge in [-0.05, 0) is 24.5 Å². The molecule has 2 heterocycles. The maximum absolute atomic E-state index is 11.8. The molecule has 1 atom stereocenters. The van der Waals surface area contributed by atoms with Crippen molar-refractivity contribution >= 4 is 11.9 Å². The number of amides is 1. The van der Waals surface area contributed by atoms with Gasteiger partial charge in [-0.3, -0.25) is 9.78 Å². The third kappa shape index (κ3) is 2.61. The average molecular weight is 234 g/mol. The molecule has 0 aliphatic carbocycles. The lowest BCUT2D eigenvalue weighted by Gasteiger charge is -2.32. The summed E-state index contributed by atoms with van der Waals surface area (Å²) < 4.78 is 0. The van der Waals surface area contributed by atoms with E-state index in [9.17, 15) is 9.59 Å². The summed E-state index contributed by atoms with van der Waals surface area (Å²) in [5.41, 5.74) is 0.856. The van der Waals surface area contributed by atoms with E-state index in [2.05, 4.69) is 4.98 Å². The van der Waals surface area contributed by atoms with Crippen LogP contribution in [0.5, 0.6) is 0 Å². The van der Waals surface area contributed by atoms with Crippen LogP contribution in [0, 0.1) is 0 Å². The normalized spacial score (nSPS) is 20.4. The monoisotopic (exact) mass is 234 g/mol. The van der Waals surface area contributed by atoms with Crippen molar-refractivity contribution in [3.63, 3.8) is 0 Å². The van der Waals surface area contributed by atoms with E-state index < -0.39 is 12.0 Å². The first-order chi connectivity index (χ1) is 8.18. The van der Waals surface area contributed by atoms with E-state index in [1.807, 2.05) is 6.07 Å². The maximum atomic E-state index is 11.8. The molecule has 0 aromatic carbocycles. The molecule has 0 spiro atoms. The number of carboxylic acid groups (broad SMARTS) is 1. The number of nitrogens with zero attached hydrogens (tertiary/aromatic N) is 2. The van der Waals surface area contributed by atoms with Crippen molar-refractivity contribution in [3.05, 3.63) is 30.1 Å². The highest BCUT2D eigenvalue weighted by Gasteiger charge is 2.32. The SMILES string of the molecule is O=C(O)[C@H]1CCCC(=O)N1Cc1cccnc1. The highest BCUT2D eigenvalue weighted by molar-refractivity contribution is 5.84. The first-order valence-corrected chi connectivity index (χ1v) is 5.59. The zero-order valence-electron chi connectivity index (χ0n) is 9.37. The molecule has 1 fully saturated rings. The van der Waals surface area contributed by atoms with Gasteiger partial charge in [0.25, 0.3) is 0 Å². The fourth-order valence-electron chi connectivity index (χ4n) is 2.06. The number of piperidine rings is 1. The number of likely N-dealkylation sites (tertiary alicyclic amines) is 1. The van der Waals surface area contributed by atoms with Crippen molar-refractivity contribution in [2.24, 2.45) is 0 Å². The number of rotatable bonds is 3. The fraction of sp³-hybridized carbons (Fsp3) is 0.417. The molecule has 0 bridgehead atoms. The van der Waals surface area contributed by atoms with Gasteiger partial charge in [-0.25, -0.2) is 4.79 Å². The predicted molar refractivity (Wildman–Crippen MR) is 60.1 cm³/mol. The van der Waals surface area contributed by atoms with Gasteiger partial charge in [0.15, 0.2) is 0 Å². The lowest BCUT2D eigenvalue weighted by atomic mass is 10.0. The van der Waals surface area contributed by atoms with Crippen LogP contribution >= 0.6 is 0 Å². The topological polar surface area (TPSA) is 70.5 Å². The number of carboxylic acids is 1. The molecule has 1 aromatic heterocycles. The largest absolute Gasteiger partial charge is 0.480 e. The molecule has 1 aliphatic rings. The maximum Gasteiger partial charge on any atom is 0.326 e. The molecule has 1 saturated heterocycles. The molecule has 1 amide bonds. The zero-order chi connectivity index (χ0) is 12.3. The van der Waals surface area contributed by atoms with Gasteiger partial charge < -0.3 is 10.0 Å². The minimum absolute atomic E-state index is 0.0903. The van der Waals surface area contributed by atoms with Crippen LogP contribution in [0.25, 0.3) is 0 Å². The molecule has 2 rings (SSSR count). The van der Waals surface area contributed by atoms with Crippen molar-refractivity contribution < 1.29 is 14.7 Å². The summed E-state index contributed by atoms with van der Waals surface area (Å²) in [4.78, 5) is 28.2. The van der Waals surface area contributed by atoms with Crippen molar-refractivity contribution in [2.75, 3.05) is 0 Å². The van der Waals surface area contributed by atoms with E-state index in [4.69, 9.17) is 5.11 Å². The molecule has 0 saturated carbocycles. The Hall–Kier alpha value is -1.91. The second-order valence-electron chi connectivity index (χ2n) is 4.13. The van der Waals surface area contributed by atoms with Crippen molar-refractivity contribution in [1.82, 2.24) is 9.88 Å². The van der Waals surface area contributed by atoms with Crippen LogP contribution in [0.3, 0.4) is 0 Å². The van der Waals surface area contributed by atoms with E-state index in [-0.39, 0.29) is 5.91 Å². The lowest BCUT2D eigenvalue weighted by molar-refractivity contribution is -0.153. The van der Waals surface area contributed by atoms with Gasteiger partial charge in [0.1, 0.15) is 6.04 Å². The first kappa shape index (κ1) is 11.6. The van der Waals surface area contributed by atoms with Crippen LogP contribution in [0.4, 0.5) is 0 Å². The summed E-state index contributed by atoms with van der Waals surface area (Å²) >= 11 is 0. The summed E-state index contributed by atoms with van der Waals surface area (Å²) in [6, 6.07) is 2.92. The summed E-state index contributed by atoms with van der Waals surface area (Å²) in [6.45, 7) is 0.323. The fourth-order valence-corrected chi connectivity index (χ4v) is 2.06. The number of hydrogen-bond acceptors (Lipinski definition) is 3. The van der Waals surface area contributed by atoms with E-state index in [1.165, 1.54) is 4.90 Å². The molecule has 1 aromatic rings. The molecule has 17 heavy (non-hydrogen) atoms.